The van der Waals surface area contributed by atoms with E-state index in [1.54, 1.807) is 0 Å². The van der Waals surface area contributed by atoms with Crippen molar-refractivity contribution in [2.75, 3.05) is 0 Å². The number of hydrogen-bond donors (Lipinski definition) is 0. The first-order chi connectivity index (χ1) is 51.0. The molecule has 16 aromatic rings. The zero-order valence-corrected chi connectivity index (χ0v) is 59.3. The van der Waals surface area contributed by atoms with Crippen molar-refractivity contribution in [2.24, 2.45) is 0 Å². The summed E-state index contributed by atoms with van der Waals surface area (Å²) in [7, 11) is -0.440. The van der Waals surface area contributed by atoms with E-state index in [2.05, 4.69) is 350 Å². The molecule has 5 aliphatic rings. The van der Waals surface area contributed by atoms with Gasteiger partial charge in [0.05, 0.1) is 44.1 Å². The fourth-order valence-electron chi connectivity index (χ4n) is 16.6. The first-order valence-corrected chi connectivity index (χ1v) is 36.3. The Bertz CT molecular complexity index is 5940. The van der Waals surface area contributed by atoms with Gasteiger partial charge in [-0.05, 0) is 174 Å². The van der Waals surface area contributed by atoms with Crippen LogP contribution in [-0.4, -0.2) is 37.4 Å². The lowest BCUT2D eigenvalue weighted by Gasteiger charge is -2.39. The maximum absolute atomic E-state index is 6.73. The number of imidazole rings is 2. The summed E-state index contributed by atoms with van der Waals surface area (Å²) in [6, 6.07) is 120. The second kappa shape index (κ2) is 24.7. The van der Waals surface area contributed by atoms with Crippen molar-refractivity contribution in [1.82, 2.24) is 19.1 Å². The summed E-state index contributed by atoms with van der Waals surface area (Å²) in [5.41, 5.74) is 25.1. The summed E-state index contributed by atoms with van der Waals surface area (Å²) < 4.78 is 31.6. The van der Waals surface area contributed by atoms with Crippen LogP contribution < -0.4 is 14.9 Å². The van der Waals surface area contributed by atoms with Gasteiger partial charge in [0.2, 0.25) is 0 Å². The number of nitrogens with zero attached hydrogens (tertiary/aromatic N) is 4. The Kier molecular flexibility index (Phi) is 15.0. The average molecular weight is 1410 g/mol. The summed E-state index contributed by atoms with van der Waals surface area (Å²) in [4.78, 5) is 9.90. The molecule has 1 fully saturated rings. The van der Waals surface area contributed by atoms with Gasteiger partial charge in [-0.15, -0.1) is 0 Å². The molecule has 104 heavy (non-hydrogen) atoms. The van der Waals surface area contributed by atoms with E-state index < -0.39 is 29.2 Å². The minimum absolute atomic E-state index is 0.397. The van der Waals surface area contributed by atoms with Crippen molar-refractivity contribution < 1.29 is 18.8 Å². The predicted molar refractivity (Wildman–Crippen MR) is 423 cm³/mol. The largest absolute Gasteiger partial charge is 0.494 e. The second-order valence-electron chi connectivity index (χ2n) is 28.2. The molecule has 1 saturated heterocycles. The standard InChI is InChI=1S/C44H28N2O.C31H27BO3.C19H13BrN2/c1-2-12-32(13-3-1)46-40-20-10-9-19-39(40)45-43(46)30-24-22-29(23-25-30)31-26-27-38-42(28-31)47-41-21-11-8-18-37(41)44(38)35-16-6-4-14-33(35)34-15-5-7-17-36(34)44;1-29(2)30(3,4)35-32(34-29)20-17-18-26-28(19-20)33-27-16-10-9-15-25(27)31(26)23-13-7-5-11-21(23)22-12-6-8-14-24(22)31;20-15-12-10-14(11-13-15)19-21-17-8-4-5-9-18(17)22(19)16-6-2-1-3-7-16/h1-28H;5-19H,1-4H3;1-13H. The molecule has 0 atom stereocenters. The first kappa shape index (κ1) is 63.0. The maximum Gasteiger partial charge on any atom is 0.494 e. The van der Waals surface area contributed by atoms with Crippen molar-refractivity contribution in [2.45, 2.75) is 49.7 Å². The molecule has 0 N–H and O–H groups in total. The van der Waals surface area contributed by atoms with E-state index >= 15 is 0 Å². The van der Waals surface area contributed by atoms with Gasteiger partial charge in [-0.2, -0.15) is 0 Å². The zero-order chi connectivity index (χ0) is 69.9. The Morgan fingerprint density at radius 1 is 0.298 bits per heavy atom. The quantitative estimate of drug-likeness (QED) is 0.155. The summed E-state index contributed by atoms with van der Waals surface area (Å²) in [5.74, 6) is 5.41. The minimum atomic E-state index is -0.448. The van der Waals surface area contributed by atoms with Crippen LogP contribution >= 0.6 is 15.9 Å². The molecule has 5 heterocycles. The molecule has 2 aliphatic carbocycles. The second-order valence-corrected chi connectivity index (χ2v) is 29.1. The lowest BCUT2D eigenvalue weighted by atomic mass is 9.65. The highest BCUT2D eigenvalue weighted by Crippen LogP contribution is 2.64. The Morgan fingerprint density at radius 3 is 1.09 bits per heavy atom. The third kappa shape index (κ3) is 9.87. The van der Waals surface area contributed by atoms with Crippen LogP contribution in [0.3, 0.4) is 0 Å². The lowest BCUT2D eigenvalue weighted by Crippen LogP contribution is -2.41. The van der Waals surface area contributed by atoms with Crippen molar-refractivity contribution in [1.29, 1.82) is 0 Å². The third-order valence-corrected chi connectivity index (χ3v) is 22.5. The Labute approximate surface area is 613 Å². The van der Waals surface area contributed by atoms with Crippen molar-refractivity contribution in [3.05, 3.63) is 389 Å². The van der Waals surface area contributed by atoms with Crippen LogP contribution in [0.4, 0.5) is 0 Å². The van der Waals surface area contributed by atoms with E-state index in [0.717, 1.165) is 106 Å². The van der Waals surface area contributed by atoms with Crippen molar-refractivity contribution in [3.8, 4) is 90.5 Å². The topological polar surface area (TPSA) is 72.6 Å². The number of para-hydroxylation sites is 8. The molecule has 2 spiro atoms. The molecule has 3 aliphatic heterocycles. The Hall–Kier alpha value is -11.9. The van der Waals surface area contributed by atoms with Gasteiger partial charge < -0.3 is 18.8 Å². The molecule has 14 aromatic carbocycles. The molecular formula is C94H68BBrN4O4. The molecule has 0 unspecified atom stereocenters. The molecule has 0 radical (unpaired) electrons. The number of fused-ring (bicyclic) bond motifs is 20. The first-order valence-electron chi connectivity index (χ1n) is 35.5. The predicted octanol–water partition coefficient (Wildman–Crippen LogP) is 22.7. The number of ether oxygens (including phenoxy) is 2. The Morgan fingerprint density at radius 2 is 0.635 bits per heavy atom. The van der Waals surface area contributed by atoms with E-state index in [-0.39, 0.29) is 0 Å². The van der Waals surface area contributed by atoms with Gasteiger partial charge >= 0.3 is 7.12 Å². The highest BCUT2D eigenvalue weighted by atomic mass is 79.9. The van der Waals surface area contributed by atoms with Gasteiger partial charge in [-0.1, -0.05) is 271 Å². The van der Waals surface area contributed by atoms with Crippen LogP contribution in [-0.2, 0) is 20.1 Å². The summed E-state index contributed by atoms with van der Waals surface area (Å²) >= 11 is 3.49. The summed E-state index contributed by atoms with van der Waals surface area (Å²) in [6.07, 6.45) is 0. The van der Waals surface area contributed by atoms with Gasteiger partial charge in [0.1, 0.15) is 34.6 Å². The van der Waals surface area contributed by atoms with Crippen LogP contribution in [0.25, 0.3) is 89.6 Å². The molecule has 21 rings (SSSR count). The van der Waals surface area contributed by atoms with Gasteiger partial charge in [-0.25, -0.2) is 9.97 Å². The summed E-state index contributed by atoms with van der Waals surface area (Å²) in [6.45, 7) is 8.33. The van der Waals surface area contributed by atoms with Gasteiger partial charge in [-0.3, -0.25) is 9.13 Å². The molecule has 0 bridgehead atoms. The third-order valence-electron chi connectivity index (χ3n) is 22.0. The number of rotatable bonds is 6. The van der Waals surface area contributed by atoms with Crippen LogP contribution in [0.2, 0.25) is 0 Å². The minimum Gasteiger partial charge on any atom is -0.457 e. The molecule has 0 amide bonds. The average Bonchev–Trinajstić information content (AvgIpc) is 1.59. The molecule has 10 heteroatoms. The van der Waals surface area contributed by atoms with Crippen LogP contribution in [0.1, 0.15) is 72.2 Å². The molecule has 2 aromatic heterocycles. The maximum atomic E-state index is 6.73. The van der Waals surface area contributed by atoms with E-state index in [1.165, 1.54) is 61.2 Å². The SMILES string of the molecule is Brc1ccc(-c2nc3ccccc3n2-c2ccccc2)cc1.CC1(C)OB(c2ccc3c(c2)Oc2ccccc2C32c3ccccc3-c3ccccc32)OC1(C)C.c1ccc(-n2c(-c3ccc(-c4ccc5c(c4)Oc4ccccc4C54c5ccccc5-c5ccccc54)cc3)nc3ccccc32)cc1. The van der Waals surface area contributed by atoms with Crippen LogP contribution in [0, 0.1) is 0 Å². The van der Waals surface area contributed by atoms with Crippen molar-refractivity contribution in [3.63, 3.8) is 0 Å². The summed E-state index contributed by atoms with van der Waals surface area (Å²) in [5, 5.41) is 0. The molecular weight excluding hydrogens is 1340 g/mol. The van der Waals surface area contributed by atoms with Gasteiger partial charge in [0, 0.05) is 49.2 Å². The molecule has 8 nitrogen and oxygen atoms in total. The fourth-order valence-corrected chi connectivity index (χ4v) is 16.8. The highest BCUT2D eigenvalue weighted by molar-refractivity contribution is 9.10. The fraction of sp³-hybridized carbons (Fsp3) is 0.0851. The number of benzene rings is 14. The number of halogens is 1. The van der Waals surface area contributed by atoms with E-state index in [4.69, 9.17) is 28.8 Å². The van der Waals surface area contributed by atoms with Gasteiger partial charge in [0.25, 0.3) is 0 Å². The van der Waals surface area contributed by atoms with E-state index in [1.807, 2.05) is 42.5 Å². The number of hydrogen-bond acceptors (Lipinski definition) is 6. The van der Waals surface area contributed by atoms with Gasteiger partial charge in [0.15, 0.2) is 0 Å². The lowest BCUT2D eigenvalue weighted by molar-refractivity contribution is 0.00578. The Balaban J connectivity index is 0.000000115. The van der Waals surface area contributed by atoms with Crippen LogP contribution in [0.5, 0.6) is 23.0 Å². The smallest absolute Gasteiger partial charge is 0.457 e. The van der Waals surface area contributed by atoms with Crippen LogP contribution in [0.15, 0.2) is 344 Å². The van der Waals surface area contributed by atoms with Crippen molar-refractivity contribution >= 4 is 50.6 Å². The normalized spacial score (nSPS) is 15.0. The monoisotopic (exact) mass is 1410 g/mol. The molecule has 498 valence electrons. The molecule has 0 saturated carbocycles. The van der Waals surface area contributed by atoms with E-state index in [0.29, 0.717) is 0 Å². The highest BCUT2D eigenvalue weighted by Gasteiger charge is 2.55. The van der Waals surface area contributed by atoms with E-state index in [9.17, 15) is 0 Å². The number of aromatic nitrogens is 4. The zero-order valence-electron chi connectivity index (χ0n) is 57.7.